The van der Waals surface area contributed by atoms with Crippen LogP contribution in [0, 0.1) is 0 Å². The molecule has 1 heterocycles. The predicted octanol–water partition coefficient (Wildman–Crippen LogP) is 0.678. The summed E-state index contributed by atoms with van der Waals surface area (Å²) in [6, 6.07) is 0.580. The molecular formula is C7H9NS. The van der Waals surface area contributed by atoms with Crippen LogP contribution in [0.2, 0.25) is 0 Å². The zero-order chi connectivity index (χ0) is 6.10. The Balaban J connectivity index is 2.25. The second kappa shape index (κ2) is 2.12. The molecule has 0 amide bonds. The molecule has 2 atom stereocenters. The van der Waals surface area contributed by atoms with Crippen LogP contribution in [0.5, 0.6) is 0 Å². The van der Waals surface area contributed by atoms with Crippen molar-refractivity contribution >= 4 is 16.8 Å². The van der Waals surface area contributed by atoms with Crippen LogP contribution >= 0.6 is 11.4 Å². The Labute approximate surface area is 58.4 Å². The Morgan fingerprint density at radius 1 is 1.22 bits per heavy atom. The molecule has 2 unspecified atom stereocenters. The van der Waals surface area contributed by atoms with Gasteiger partial charge in [0.1, 0.15) is 0 Å². The molecule has 0 bridgehead atoms. The molecule has 0 fully saturated rings. The Kier molecular flexibility index (Phi) is 1.28. The smallest absolute Gasteiger partial charge is 0.0444 e. The molecule has 1 nitrogen and oxygen atoms in total. The highest BCUT2D eigenvalue weighted by Crippen LogP contribution is 2.17. The Morgan fingerprint density at radius 2 is 2.11 bits per heavy atom. The Morgan fingerprint density at radius 3 is 3.00 bits per heavy atom. The fraction of sp³-hybridized carbons (Fsp3) is 0.286. The molecule has 0 saturated heterocycles. The van der Waals surface area contributed by atoms with Crippen molar-refractivity contribution in [2.75, 3.05) is 0 Å². The quantitative estimate of drug-likeness (QED) is 0.371. The maximum absolute atomic E-state index is 3.28. The fourth-order valence-corrected chi connectivity index (χ4v) is 2.11. The maximum atomic E-state index is 3.28. The molecule has 1 aliphatic carbocycles. The van der Waals surface area contributed by atoms with E-state index in [9.17, 15) is 0 Å². The van der Waals surface area contributed by atoms with Gasteiger partial charge in [-0.25, -0.2) is 0 Å². The third-order valence-corrected chi connectivity index (χ3v) is 2.76. The van der Waals surface area contributed by atoms with E-state index in [1.807, 2.05) is 0 Å². The molecule has 0 radical (unpaired) electrons. The first-order chi connectivity index (χ1) is 4.47. The highest BCUT2D eigenvalue weighted by molar-refractivity contribution is 7.98. The number of nitrogens with one attached hydrogen (secondary N) is 1. The molecule has 2 heteroatoms. The first kappa shape index (κ1) is 5.45. The summed E-state index contributed by atoms with van der Waals surface area (Å²) in [7, 11) is 0. The molecule has 48 valence electrons. The molecule has 0 aromatic rings. The van der Waals surface area contributed by atoms with Crippen LogP contribution in [0.1, 0.15) is 0 Å². The van der Waals surface area contributed by atoms with Gasteiger partial charge in [-0.2, -0.15) is 11.4 Å². The zero-order valence-corrected chi connectivity index (χ0v) is 5.88. The molecule has 0 aromatic heterocycles. The van der Waals surface area contributed by atoms with Gasteiger partial charge in [0.05, 0.1) is 0 Å². The predicted molar refractivity (Wildman–Crippen MR) is 44.0 cm³/mol. The largest absolute Gasteiger partial charge is 0.282 e. The van der Waals surface area contributed by atoms with Gasteiger partial charge in [-0.15, -0.1) is 0 Å². The van der Waals surface area contributed by atoms with E-state index in [0.29, 0.717) is 11.3 Å². The topological polar surface area (TPSA) is 12.0 Å². The van der Waals surface area contributed by atoms with Crippen molar-refractivity contribution in [3.8, 4) is 0 Å². The van der Waals surface area contributed by atoms with Gasteiger partial charge in [0.2, 0.25) is 0 Å². The van der Waals surface area contributed by atoms with E-state index < -0.39 is 0 Å². The van der Waals surface area contributed by atoms with Gasteiger partial charge in [0, 0.05) is 11.3 Å². The summed E-state index contributed by atoms with van der Waals surface area (Å²) in [5.74, 6) is 0. The third-order valence-electron chi connectivity index (χ3n) is 1.62. The van der Waals surface area contributed by atoms with Crippen LogP contribution in [0.15, 0.2) is 24.3 Å². The molecule has 0 spiro atoms. The first-order valence-corrected chi connectivity index (χ1v) is 4.13. The second-order valence-electron chi connectivity index (χ2n) is 2.23. The van der Waals surface area contributed by atoms with E-state index in [1.54, 1.807) is 0 Å². The lowest BCUT2D eigenvalue weighted by Crippen LogP contribution is -2.28. The molecule has 0 saturated carbocycles. The van der Waals surface area contributed by atoms with Gasteiger partial charge in [-0.3, -0.25) is 5.32 Å². The van der Waals surface area contributed by atoms with E-state index >= 15 is 0 Å². The normalized spacial score (nSPS) is 38.2. The average Bonchev–Trinajstić information content (AvgIpc) is 2.33. The monoisotopic (exact) mass is 139 g/mol. The zero-order valence-electron chi connectivity index (χ0n) is 4.99. The van der Waals surface area contributed by atoms with Gasteiger partial charge in [0.25, 0.3) is 0 Å². The third kappa shape index (κ3) is 0.884. The lowest BCUT2D eigenvalue weighted by Gasteiger charge is -2.13. The number of fused-ring (bicyclic) bond motifs is 1. The Hall–Kier alpha value is -0.340. The lowest BCUT2D eigenvalue weighted by atomic mass is 10.1. The van der Waals surface area contributed by atoms with Crippen LogP contribution in [-0.4, -0.2) is 16.8 Å². The minimum absolute atomic E-state index is 0.580. The van der Waals surface area contributed by atoms with Gasteiger partial charge < -0.3 is 0 Å². The second-order valence-corrected chi connectivity index (χ2v) is 3.38. The van der Waals surface area contributed by atoms with Gasteiger partial charge >= 0.3 is 0 Å². The molecule has 2 aliphatic rings. The summed E-state index contributed by atoms with van der Waals surface area (Å²) in [5.41, 5.74) is 2.12. The highest BCUT2D eigenvalue weighted by atomic mass is 32.1. The molecular weight excluding hydrogens is 130 g/mol. The van der Waals surface area contributed by atoms with Crippen molar-refractivity contribution in [2.45, 2.75) is 11.3 Å². The molecule has 9 heavy (non-hydrogen) atoms. The summed E-state index contributed by atoms with van der Waals surface area (Å²) in [5, 5.41) is 3.99. The van der Waals surface area contributed by atoms with E-state index in [-0.39, 0.29) is 0 Å². The maximum Gasteiger partial charge on any atom is 0.0444 e. The Bertz CT molecular complexity index is 193. The lowest BCUT2D eigenvalue weighted by molar-refractivity contribution is 0.776. The van der Waals surface area contributed by atoms with E-state index in [1.165, 1.54) is 11.4 Å². The molecule has 2 rings (SSSR count). The summed E-state index contributed by atoms with van der Waals surface area (Å²) >= 11 is 1.41. The first-order valence-electron chi connectivity index (χ1n) is 3.09. The number of hydrogen-bond donors (Lipinski definition) is 2. The van der Waals surface area contributed by atoms with Gasteiger partial charge in [0.15, 0.2) is 0 Å². The fourth-order valence-electron chi connectivity index (χ4n) is 1.11. The van der Waals surface area contributed by atoms with Crippen LogP contribution in [0.25, 0.3) is 0 Å². The van der Waals surface area contributed by atoms with Crippen molar-refractivity contribution in [1.82, 2.24) is 5.32 Å². The number of allylic oxidation sites excluding steroid dienone is 2. The molecule has 1 aliphatic heterocycles. The summed E-state index contributed by atoms with van der Waals surface area (Å²) in [6.45, 7) is 0. The number of thiol groups is 1. The van der Waals surface area contributed by atoms with Gasteiger partial charge in [-0.1, -0.05) is 24.3 Å². The van der Waals surface area contributed by atoms with Crippen molar-refractivity contribution in [1.29, 1.82) is 0 Å². The molecule has 0 aromatic carbocycles. The van der Waals surface area contributed by atoms with E-state index in [2.05, 4.69) is 35.1 Å². The van der Waals surface area contributed by atoms with Crippen molar-refractivity contribution in [2.24, 2.45) is 0 Å². The SMILES string of the molecule is C1=CC2NC=[SH]C2C=C1. The summed E-state index contributed by atoms with van der Waals surface area (Å²) in [4.78, 5) is 0. The minimum Gasteiger partial charge on any atom is -0.282 e. The number of hydrogen-bond acceptors (Lipinski definition) is 1. The van der Waals surface area contributed by atoms with Crippen LogP contribution < -0.4 is 5.32 Å². The van der Waals surface area contributed by atoms with Crippen molar-refractivity contribution in [3.63, 3.8) is 0 Å². The van der Waals surface area contributed by atoms with Crippen molar-refractivity contribution in [3.05, 3.63) is 24.3 Å². The average molecular weight is 139 g/mol. The number of rotatable bonds is 0. The van der Waals surface area contributed by atoms with E-state index in [0.717, 1.165) is 0 Å². The summed E-state index contributed by atoms with van der Waals surface area (Å²) in [6.07, 6.45) is 8.68. The van der Waals surface area contributed by atoms with E-state index in [4.69, 9.17) is 0 Å². The van der Waals surface area contributed by atoms with Crippen LogP contribution in [0.3, 0.4) is 0 Å². The highest BCUT2D eigenvalue weighted by Gasteiger charge is 2.17. The standard InChI is InChI=1S/C7H9NS/c1-2-4-7-6(3-1)8-5-9-7/h1-9H. The molecule has 1 N–H and O–H groups in total. The summed E-state index contributed by atoms with van der Waals surface area (Å²) < 4.78 is 0. The van der Waals surface area contributed by atoms with Crippen molar-refractivity contribution < 1.29 is 0 Å². The van der Waals surface area contributed by atoms with Gasteiger partial charge in [-0.05, 0) is 5.49 Å². The van der Waals surface area contributed by atoms with Crippen LogP contribution in [0.4, 0.5) is 0 Å². The van der Waals surface area contributed by atoms with Crippen LogP contribution in [-0.2, 0) is 0 Å². The minimum atomic E-state index is 0.580.